The van der Waals surface area contributed by atoms with E-state index >= 15 is 0 Å². The fraction of sp³-hybridized carbons (Fsp3) is 0.800. The third-order valence-electron chi connectivity index (χ3n) is 2.50. The van der Waals surface area contributed by atoms with Gasteiger partial charge in [-0.15, -0.1) is 5.10 Å². The van der Waals surface area contributed by atoms with Gasteiger partial charge in [0.2, 0.25) is 0 Å². The monoisotopic (exact) mass is 255 g/mol. The molecule has 0 N–H and O–H groups in total. The summed E-state index contributed by atoms with van der Waals surface area (Å²) >= 11 is 4.89. The number of nitrogens with zero attached hydrogens (tertiary/aromatic N) is 6. The Morgan fingerprint density at radius 3 is 2.59 bits per heavy atom. The van der Waals surface area contributed by atoms with Crippen LogP contribution in [0.1, 0.15) is 5.82 Å². The lowest BCUT2D eigenvalue weighted by atomic mass is 10.2. The van der Waals surface area contributed by atoms with Crippen molar-refractivity contribution in [1.29, 1.82) is 0 Å². The highest BCUT2D eigenvalue weighted by Crippen LogP contribution is 2.02. The lowest BCUT2D eigenvalue weighted by Crippen LogP contribution is -2.32. The van der Waals surface area contributed by atoms with Crippen molar-refractivity contribution < 1.29 is 0 Å². The summed E-state index contributed by atoms with van der Waals surface area (Å²) in [5.41, 5.74) is 0. The summed E-state index contributed by atoms with van der Waals surface area (Å²) in [5.74, 6) is 0.850. The predicted octanol–water partition coefficient (Wildman–Crippen LogP) is -0.416. The second kappa shape index (κ2) is 6.73. The third-order valence-corrected chi connectivity index (χ3v) is 2.77. The quantitative estimate of drug-likeness (QED) is 0.617. The van der Waals surface area contributed by atoms with Crippen molar-refractivity contribution >= 4 is 17.6 Å². The molecule has 1 aromatic rings. The van der Waals surface area contributed by atoms with Crippen LogP contribution in [-0.4, -0.2) is 76.2 Å². The van der Waals surface area contributed by atoms with E-state index in [2.05, 4.69) is 25.8 Å². The average molecular weight is 255 g/mol. The molecule has 1 unspecified atom stereocenters. The molecule has 0 fully saturated rings. The highest BCUT2D eigenvalue weighted by Gasteiger charge is 2.14. The van der Waals surface area contributed by atoms with Crippen LogP contribution in [0.2, 0.25) is 0 Å². The van der Waals surface area contributed by atoms with E-state index in [-0.39, 0.29) is 6.04 Å². The molecule has 1 rings (SSSR count). The molecule has 0 aliphatic carbocycles. The van der Waals surface area contributed by atoms with Crippen LogP contribution in [0.5, 0.6) is 0 Å². The van der Waals surface area contributed by atoms with Crippen LogP contribution >= 0.6 is 12.2 Å². The number of hydrogen-bond acceptors (Lipinski definition) is 6. The van der Waals surface area contributed by atoms with Gasteiger partial charge in [0, 0.05) is 18.3 Å². The fourth-order valence-corrected chi connectivity index (χ4v) is 1.63. The van der Waals surface area contributed by atoms with Crippen molar-refractivity contribution in [1.82, 2.24) is 30.0 Å². The Morgan fingerprint density at radius 2 is 2.06 bits per heavy atom. The largest absolute Gasteiger partial charge is 0.308 e. The lowest BCUT2D eigenvalue weighted by Gasteiger charge is -2.18. The first kappa shape index (κ1) is 14.1. The summed E-state index contributed by atoms with van der Waals surface area (Å²) in [4.78, 5) is 4.11. The summed E-state index contributed by atoms with van der Waals surface area (Å²) in [6.45, 7) is 1.69. The summed E-state index contributed by atoms with van der Waals surface area (Å²) in [5, 5.41) is 14.6. The van der Waals surface area contributed by atoms with E-state index in [1.54, 1.807) is 0 Å². The topological polar surface area (TPSA) is 50.1 Å². The predicted molar refractivity (Wildman–Crippen MR) is 70.1 cm³/mol. The third kappa shape index (κ3) is 4.45. The van der Waals surface area contributed by atoms with E-state index in [1.165, 1.54) is 0 Å². The number of rotatable bonds is 7. The van der Waals surface area contributed by atoms with E-state index in [9.17, 15) is 0 Å². The molecule has 1 atom stereocenters. The first-order chi connectivity index (χ1) is 8.04. The molecule has 0 saturated carbocycles. The van der Waals surface area contributed by atoms with Crippen LogP contribution in [0.25, 0.3) is 0 Å². The van der Waals surface area contributed by atoms with Gasteiger partial charge in [0.1, 0.15) is 0 Å². The lowest BCUT2D eigenvalue weighted by molar-refractivity contribution is 0.344. The molecule has 0 saturated heterocycles. The summed E-state index contributed by atoms with van der Waals surface area (Å²) in [6, 6.07) is 0.0640. The van der Waals surface area contributed by atoms with Gasteiger partial charge in [-0.2, -0.15) is 0 Å². The highest BCUT2D eigenvalue weighted by atomic mass is 32.1. The van der Waals surface area contributed by atoms with Crippen LogP contribution in [-0.2, 0) is 13.0 Å². The molecule has 1 radical (unpaired) electrons. The first-order valence-corrected chi connectivity index (χ1v) is 5.89. The Hall–Kier alpha value is -0.920. The van der Waals surface area contributed by atoms with E-state index in [1.807, 2.05) is 37.8 Å². The minimum atomic E-state index is 0.0640. The van der Waals surface area contributed by atoms with Crippen LogP contribution in [0.4, 0.5) is 0 Å². The van der Waals surface area contributed by atoms with Gasteiger partial charge in [-0.25, -0.2) is 4.68 Å². The molecular formula is C10H19N6S. The number of hydrogen-bond donors (Lipinski definition) is 0. The van der Waals surface area contributed by atoms with Gasteiger partial charge >= 0.3 is 0 Å². The number of likely N-dealkylation sites (N-methyl/N-ethyl adjacent to an activating group) is 2. The molecule has 0 spiro atoms. The maximum Gasteiger partial charge on any atom is 0.153 e. The van der Waals surface area contributed by atoms with E-state index < -0.39 is 0 Å². The second-order valence-corrected chi connectivity index (χ2v) is 4.66. The molecule has 0 amide bonds. The van der Waals surface area contributed by atoms with Gasteiger partial charge in [-0.3, -0.25) is 0 Å². The SMILES string of the molecule is CN(C)CCn1nnnc1CC([C]=S)N(C)C. The van der Waals surface area contributed by atoms with Crippen LogP contribution in [0.15, 0.2) is 0 Å². The van der Waals surface area contributed by atoms with Gasteiger partial charge in [-0.1, -0.05) is 12.2 Å². The van der Waals surface area contributed by atoms with Crippen molar-refractivity contribution in [3.05, 3.63) is 5.82 Å². The molecule has 0 aromatic carbocycles. The van der Waals surface area contributed by atoms with Gasteiger partial charge in [-0.05, 0) is 38.6 Å². The van der Waals surface area contributed by atoms with E-state index in [0.29, 0.717) is 6.42 Å². The Balaban J connectivity index is 2.64. The van der Waals surface area contributed by atoms with E-state index in [0.717, 1.165) is 18.9 Å². The number of tetrazole rings is 1. The van der Waals surface area contributed by atoms with Gasteiger partial charge in [0.15, 0.2) is 5.82 Å². The molecule has 95 valence electrons. The molecule has 1 heterocycles. The summed E-state index contributed by atoms with van der Waals surface area (Å²) in [6.07, 6.45) is 0.691. The minimum absolute atomic E-state index is 0.0640. The molecule has 17 heavy (non-hydrogen) atoms. The first-order valence-electron chi connectivity index (χ1n) is 5.48. The summed E-state index contributed by atoms with van der Waals surface area (Å²) in [7, 11) is 7.99. The molecule has 1 aromatic heterocycles. The van der Waals surface area contributed by atoms with Gasteiger partial charge < -0.3 is 9.80 Å². The molecule has 0 aliphatic rings. The zero-order chi connectivity index (χ0) is 12.8. The van der Waals surface area contributed by atoms with Crippen LogP contribution < -0.4 is 0 Å². The highest BCUT2D eigenvalue weighted by molar-refractivity contribution is 7.79. The number of thiocarbonyl (C=S) groups is 1. The normalized spacial score (nSPS) is 13.3. The Labute approximate surface area is 108 Å². The van der Waals surface area contributed by atoms with Gasteiger partial charge in [0.05, 0.1) is 12.6 Å². The molecule has 7 heteroatoms. The van der Waals surface area contributed by atoms with Crippen molar-refractivity contribution in [2.75, 3.05) is 34.7 Å². The summed E-state index contributed by atoms with van der Waals surface area (Å²) < 4.78 is 1.82. The Morgan fingerprint density at radius 1 is 1.35 bits per heavy atom. The molecule has 6 nitrogen and oxygen atoms in total. The number of aromatic nitrogens is 4. The molecule has 0 aliphatic heterocycles. The standard InChI is InChI=1S/C10H19N6S/c1-14(2)5-6-16-10(11-12-13-16)7-9(8-17)15(3)4/h9H,5-7H2,1-4H3. The Kier molecular flexibility index (Phi) is 5.60. The molecule has 0 bridgehead atoms. The Bertz CT molecular complexity index is 348. The molecular weight excluding hydrogens is 236 g/mol. The smallest absolute Gasteiger partial charge is 0.153 e. The zero-order valence-electron chi connectivity index (χ0n) is 10.8. The maximum atomic E-state index is 4.89. The zero-order valence-corrected chi connectivity index (χ0v) is 11.6. The van der Waals surface area contributed by atoms with Gasteiger partial charge in [0.25, 0.3) is 0 Å². The van der Waals surface area contributed by atoms with Crippen LogP contribution in [0.3, 0.4) is 0 Å². The van der Waals surface area contributed by atoms with Crippen molar-refractivity contribution in [2.45, 2.75) is 19.0 Å². The van der Waals surface area contributed by atoms with Crippen molar-refractivity contribution in [3.63, 3.8) is 0 Å². The van der Waals surface area contributed by atoms with E-state index in [4.69, 9.17) is 12.2 Å². The van der Waals surface area contributed by atoms with Crippen molar-refractivity contribution in [3.8, 4) is 0 Å². The second-order valence-electron chi connectivity index (χ2n) is 4.42. The minimum Gasteiger partial charge on any atom is -0.308 e. The average Bonchev–Trinajstić information content (AvgIpc) is 2.69. The maximum absolute atomic E-state index is 4.89. The van der Waals surface area contributed by atoms with Crippen molar-refractivity contribution in [2.24, 2.45) is 0 Å². The van der Waals surface area contributed by atoms with Crippen LogP contribution in [0, 0.1) is 0 Å². The fourth-order valence-electron chi connectivity index (χ4n) is 1.34.